The Bertz CT molecular complexity index is 1320. The van der Waals surface area contributed by atoms with Crippen molar-refractivity contribution >= 4 is 17.4 Å². The molecule has 0 saturated carbocycles. The molecule has 1 N–H and O–H groups in total. The minimum atomic E-state index is -0.800. The zero-order valence-electron chi connectivity index (χ0n) is 25.1. The van der Waals surface area contributed by atoms with Gasteiger partial charge in [-0.1, -0.05) is 25.8 Å². The van der Waals surface area contributed by atoms with Crippen LogP contribution in [0.3, 0.4) is 0 Å². The van der Waals surface area contributed by atoms with Crippen molar-refractivity contribution in [3.8, 4) is 23.0 Å². The summed E-state index contributed by atoms with van der Waals surface area (Å²) in [5, 5.41) is 11.6. The maximum Gasteiger partial charge on any atom is 0.295 e. The van der Waals surface area contributed by atoms with E-state index in [4.69, 9.17) is 23.7 Å². The third kappa shape index (κ3) is 7.08. The van der Waals surface area contributed by atoms with E-state index in [1.165, 1.54) is 0 Å². The van der Waals surface area contributed by atoms with Crippen molar-refractivity contribution < 1.29 is 38.4 Å². The summed E-state index contributed by atoms with van der Waals surface area (Å²) >= 11 is 0. The highest BCUT2D eigenvalue weighted by Crippen LogP contribution is 2.43. The molecule has 2 aromatic rings. The first-order valence-corrected chi connectivity index (χ1v) is 15.4. The standard InChI is InChI=1S/C33H42N2O8/c1-3-5-6-16-41-25-10-8-23(21-27(25)40-4-2)30-29(31(36)24-9-11-26-28(22-24)43-20-19-42-26)32(37)33(38)35(30)13-7-12-34-14-17-39-18-15-34/h8-11,21-22,30,36H,3-7,12-20H2,1-2H3/b31-29+/t30-/m0/s1. The lowest BCUT2D eigenvalue weighted by Crippen LogP contribution is -2.39. The zero-order chi connectivity index (χ0) is 30.2. The maximum absolute atomic E-state index is 13.6. The van der Waals surface area contributed by atoms with E-state index in [2.05, 4.69) is 11.8 Å². The fourth-order valence-electron chi connectivity index (χ4n) is 5.71. The topological polar surface area (TPSA) is 107 Å². The van der Waals surface area contributed by atoms with Crippen molar-refractivity contribution in [3.63, 3.8) is 0 Å². The highest BCUT2D eigenvalue weighted by Gasteiger charge is 2.46. The van der Waals surface area contributed by atoms with Gasteiger partial charge in [0.1, 0.15) is 19.0 Å². The minimum Gasteiger partial charge on any atom is -0.507 e. The van der Waals surface area contributed by atoms with E-state index in [9.17, 15) is 14.7 Å². The second-order valence-corrected chi connectivity index (χ2v) is 10.9. The van der Waals surface area contributed by atoms with Crippen LogP contribution in [0.4, 0.5) is 0 Å². The predicted octanol–water partition coefficient (Wildman–Crippen LogP) is 4.57. The second-order valence-electron chi connectivity index (χ2n) is 10.9. The van der Waals surface area contributed by atoms with Gasteiger partial charge in [0.25, 0.3) is 11.7 Å². The SMILES string of the molecule is CCCCCOc1ccc([C@H]2/C(=C(\O)c3ccc4c(c3)OCCO4)C(=O)C(=O)N2CCCN2CCOCC2)cc1OCC. The number of hydrogen-bond donors (Lipinski definition) is 1. The van der Waals surface area contributed by atoms with Crippen LogP contribution in [0.2, 0.25) is 0 Å². The van der Waals surface area contributed by atoms with Gasteiger partial charge in [-0.15, -0.1) is 0 Å². The molecule has 0 bridgehead atoms. The lowest BCUT2D eigenvalue weighted by atomic mass is 9.94. The number of aliphatic hydroxyl groups is 1. The molecule has 0 radical (unpaired) electrons. The van der Waals surface area contributed by atoms with E-state index < -0.39 is 17.7 Å². The van der Waals surface area contributed by atoms with Crippen molar-refractivity contribution in [3.05, 3.63) is 53.1 Å². The van der Waals surface area contributed by atoms with Crippen LogP contribution in [0.5, 0.6) is 23.0 Å². The molecular formula is C33H42N2O8. The summed E-state index contributed by atoms with van der Waals surface area (Å²) in [5.41, 5.74) is 1.07. The molecule has 2 aromatic carbocycles. The van der Waals surface area contributed by atoms with Crippen LogP contribution in [-0.4, -0.2) is 92.4 Å². The fourth-order valence-corrected chi connectivity index (χ4v) is 5.71. The normalized spacial score (nSPS) is 20.0. The van der Waals surface area contributed by atoms with Gasteiger partial charge in [0.15, 0.2) is 23.0 Å². The number of aliphatic hydroxyl groups excluding tert-OH is 1. The van der Waals surface area contributed by atoms with E-state index in [0.29, 0.717) is 86.7 Å². The Morgan fingerprint density at radius 2 is 1.67 bits per heavy atom. The van der Waals surface area contributed by atoms with E-state index in [1.54, 1.807) is 23.1 Å². The van der Waals surface area contributed by atoms with Gasteiger partial charge in [-0.05, 0) is 55.7 Å². The van der Waals surface area contributed by atoms with Crippen molar-refractivity contribution in [2.45, 2.75) is 45.6 Å². The van der Waals surface area contributed by atoms with Gasteiger partial charge < -0.3 is 33.7 Å². The summed E-state index contributed by atoms with van der Waals surface area (Å²) in [6.07, 6.45) is 3.77. The van der Waals surface area contributed by atoms with Gasteiger partial charge in [-0.3, -0.25) is 14.5 Å². The third-order valence-corrected chi connectivity index (χ3v) is 7.92. The largest absolute Gasteiger partial charge is 0.507 e. The molecule has 43 heavy (non-hydrogen) atoms. The molecule has 10 heteroatoms. The average molecular weight is 595 g/mol. The Morgan fingerprint density at radius 1 is 0.884 bits per heavy atom. The Morgan fingerprint density at radius 3 is 2.44 bits per heavy atom. The van der Waals surface area contributed by atoms with E-state index in [0.717, 1.165) is 38.9 Å². The summed E-state index contributed by atoms with van der Waals surface area (Å²) in [6.45, 7) is 10.0. The molecule has 3 aliphatic rings. The molecule has 2 saturated heterocycles. The molecule has 0 spiro atoms. The smallest absolute Gasteiger partial charge is 0.295 e. The van der Waals surface area contributed by atoms with Crippen molar-refractivity contribution in [1.29, 1.82) is 0 Å². The molecule has 232 valence electrons. The van der Waals surface area contributed by atoms with Crippen LogP contribution in [0.25, 0.3) is 5.76 Å². The molecule has 0 aliphatic carbocycles. The van der Waals surface area contributed by atoms with Crippen LogP contribution in [-0.2, 0) is 14.3 Å². The molecule has 10 nitrogen and oxygen atoms in total. The Balaban J connectivity index is 1.50. The monoisotopic (exact) mass is 594 g/mol. The molecule has 0 unspecified atom stereocenters. The minimum absolute atomic E-state index is 0.0344. The molecule has 1 atom stereocenters. The molecule has 1 amide bonds. The number of benzene rings is 2. The van der Waals surface area contributed by atoms with Crippen LogP contribution < -0.4 is 18.9 Å². The average Bonchev–Trinajstić information content (AvgIpc) is 3.29. The molecular weight excluding hydrogens is 552 g/mol. The Labute approximate surface area is 253 Å². The number of likely N-dealkylation sites (tertiary alicyclic amines) is 1. The van der Waals surface area contributed by atoms with Gasteiger partial charge in [0.2, 0.25) is 0 Å². The van der Waals surface area contributed by atoms with Crippen molar-refractivity contribution in [2.75, 3.05) is 65.8 Å². The predicted molar refractivity (Wildman–Crippen MR) is 161 cm³/mol. The van der Waals surface area contributed by atoms with Crippen molar-refractivity contribution in [2.24, 2.45) is 0 Å². The quantitative estimate of drug-likeness (QED) is 0.154. The number of ketones is 1. The number of morpholine rings is 1. The lowest BCUT2D eigenvalue weighted by Gasteiger charge is -2.29. The van der Waals surface area contributed by atoms with Gasteiger partial charge in [0.05, 0.1) is 38.0 Å². The number of amides is 1. The fraction of sp³-hybridized carbons (Fsp3) is 0.515. The lowest BCUT2D eigenvalue weighted by molar-refractivity contribution is -0.140. The van der Waals surface area contributed by atoms with E-state index in [1.807, 2.05) is 25.1 Å². The van der Waals surface area contributed by atoms with E-state index in [-0.39, 0.29) is 11.3 Å². The molecule has 3 heterocycles. The van der Waals surface area contributed by atoms with Crippen LogP contribution in [0.15, 0.2) is 42.0 Å². The number of hydrogen-bond acceptors (Lipinski definition) is 9. The number of carbonyl (C=O) groups is 2. The number of unbranched alkanes of at least 4 members (excludes halogenated alkanes) is 2. The molecule has 2 fully saturated rings. The van der Waals surface area contributed by atoms with Crippen LogP contribution in [0, 0.1) is 0 Å². The highest BCUT2D eigenvalue weighted by molar-refractivity contribution is 6.46. The first-order valence-electron chi connectivity index (χ1n) is 15.4. The summed E-state index contributed by atoms with van der Waals surface area (Å²) in [5.74, 6) is 0.584. The van der Waals surface area contributed by atoms with Crippen LogP contribution in [0.1, 0.15) is 56.7 Å². The number of carbonyl (C=O) groups excluding carboxylic acids is 2. The number of ether oxygens (including phenoxy) is 5. The van der Waals surface area contributed by atoms with E-state index >= 15 is 0 Å². The zero-order valence-corrected chi connectivity index (χ0v) is 25.1. The number of nitrogens with zero attached hydrogens (tertiary/aromatic N) is 2. The van der Waals surface area contributed by atoms with Gasteiger partial charge in [-0.2, -0.15) is 0 Å². The molecule has 0 aromatic heterocycles. The maximum atomic E-state index is 13.6. The van der Waals surface area contributed by atoms with Crippen molar-refractivity contribution in [1.82, 2.24) is 9.80 Å². The Hall–Kier alpha value is -3.76. The summed E-state index contributed by atoms with van der Waals surface area (Å²) in [7, 11) is 0. The van der Waals surface area contributed by atoms with Crippen LogP contribution >= 0.6 is 0 Å². The van der Waals surface area contributed by atoms with Gasteiger partial charge >= 0.3 is 0 Å². The molecule has 3 aliphatic heterocycles. The first-order chi connectivity index (χ1) is 21.0. The van der Waals surface area contributed by atoms with Gasteiger partial charge in [-0.25, -0.2) is 0 Å². The number of fused-ring (bicyclic) bond motifs is 1. The first kappa shape index (κ1) is 30.7. The Kier molecular flexibility index (Phi) is 10.4. The summed E-state index contributed by atoms with van der Waals surface area (Å²) < 4.78 is 28.8. The number of Topliss-reactive ketones (excluding diaryl/α,β-unsaturated/α-hetero) is 1. The summed E-state index contributed by atoms with van der Waals surface area (Å²) in [6, 6.07) is 9.71. The summed E-state index contributed by atoms with van der Waals surface area (Å²) in [4.78, 5) is 31.0. The molecule has 5 rings (SSSR count). The third-order valence-electron chi connectivity index (χ3n) is 7.92. The van der Waals surface area contributed by atoms with Gasteiger partial charge in [0, 0.05) is 31.7 Å². The number of rotatable bonds is 13. The highest BCUT2D eigenvalue weighted by atomic mass is 16.6. The second kappa shape index (κ2) is 14.6.